The highest BCUT2D eigenvalue weighted by Gasteiger charge is 2.03. The summed E-state index contributed by atoms with van der Waals surface area (Å²) in [4.78, 5) is 4.36. The number of methoxy groups -OCH3 is 1. The Bertz CT molecular complexity index is 591. The van der Waals surface area contributed by atoms with Crippen LogP contribution in [0.15, 0.2) is 30.5 Å². The molecule has 124 valence electrons. The first kappa shape index (κ1) is 16.8. The Morgan fingerprint density at radius 1 is 1.17 bits per heavy atom. The average Bonchev–Trinajstić information content (AvgIpc) is 2.59. The highest BCUT2D eigenvalue weighted by Crippen LogP contribution is 2.16. The first-order valence-electron chi connectivity index (χ1n) is 7.68. The van der Waals surface area contributed by atoms with E-state index in [0.717, 1.165) is 17.9 Å². The second kappa shape index (κ2) is 8.77. The second-order valence-electron chi connectivity index (χ2n) is 5.07. The van der Waals surface area contributed by atoms with Gasteiger partial charge < -0.3 is 20.1 Å². The van der Waals surface area contributed by atoms with Crippen LogP contribution >= 0.6 is 0 Å². The monoisotopic (exact) mass is 317 g/mol. The van der Waals surface area contributed by atoms with Crippen molar-refractivity contribution in [2.24, 2.45) is 0 Å². The molecule has 0 radical (unpaired) electrons. The first-order valence-corrected chi connectivity index (χ1v) is 7.68. The largest absolute Gasteiger partial charge is 0.497 e. The van der Waals surface area contributed by atoms with Crippen LogP contribution in [0.4, 0.5) is 11.8 Å². The maximum Gasteiger partial charge on any atom is 0.244 e. The maximum atomic E-state index is 5.64. The second-order valence-corrected chi connectivity index (χ2v) is 5.07. The van der Waals surface area contributed by atoms with Gasteiger partial charge >= 0.3 is 0 Å². The van der Waals surface area contributed by atoms with Crippen molar-refractivity contribution in [3.05, 3.63) is 30.5 Å². The Kier molecular flexibility index (Phi) is 6.40. The number of hydrogen-bond donors (Lipinski definition) is 2. The van der Waals surface area contributed by atoms with Crippen LogP contribution in [0.25, 0.3) is 0 Å². The highest BCUT2D eigenvalue weighted by molar-refractivity contribution is 5.37. The van der Waals surface area contributed by atoms with E-state index in [2.05, 4.69) is 39.7 Å². The zero-order valence-corrected chi connectivity index (χ0v) is 13.7. The predicted octanol–water partition coefficient (Wildman–Crippen LogP) is 2.58. The standard InChI is InChI=1S/C16H23N5O2/c1-4-12(2)19-16-20-15(11-18-21-16)17-9-10-23-14-7-5-13(22-3)6-8-14/h5-8,11-12H,4,9-10H2,1-3H3,(H2,17,19,20,21). The van der Waals surface area contributed by atoms with E-state index in [9.17, 15) is 0 Å². The number of benzene rings is 1. The molecule has 0 aliphatic heterocycles. The molecule has 0 saturated carbocycles. The summed E-state index contributed by atoms with van der Waals surface area (Å²) in [5.74, 6) is 2.81. The number of aromatic nitrogens is 3. The van der Waals surface area contributed by atoms with Crippen molar-refractivity contribution in [3.63, 3.8) is 0 Å². The van der Waals surface area contributed by atoms with Gasteiger partial charge in [0.25, 0.3) is 0 Å². The lowest BCUT2D eigenvalue weighted by Crippen LogP contribution is -2.18. The van der Waals surface area contributed by atoms with Gasteiger partial charge in [0.1, 0.15) is 18.1 Å². The van der Waals surface area contributed by atoms with Crippen LogP contribution in [0, 0.1) is 0 Å². The molecule has 2 rings (SSSR count). The third-order valence-electron chi connectivity index (χ3n) is 3.28. The van der Waals surface area contributed by atoms with E-state index in [0.29, 0.717) is 31.0 Å². The minimum absolute atomic E-state index is 0.311. The van der Waals surface area contributed by atoms with Crippen LogP contribution in [-0.4, -0.2) is 41.5 Å². The summed E-state index contributed by atoms with van der Waals surface area (Å²) in [6.07, 6.45) is 2.59. The summed E-state index contributed by atoms with van der Waals surface area (Å²) in [7, 11) is 1.64. The van der Waals surface area contributed by atoms with E-state index in [4.69, 9.17) is 9.47 Å². The summed E-state index contributed by atoms with van der Waals surface area (Å²) >= 11 is 0. The smallest absolute Gasteiger partial charge is 0.244 e. The third-order valence-corrected chi connectivity index (χ3v) is 3.28. The number of rotatable bonds is 9. The van der Waals surface area contributed by atoms with Crippen molar-refractivity contribution in [1.82, 2.24) is 15.2 Å². The minimum Gasteiger partial charge on any atom is -0.497 e. The van der Waals surface area contributed by atoms with Gasteiger partial charge in [-0.3, -0.25) is 0 Å². The zero-order chi connectivity index (χ0) is 16.5. The van der Waals surface area contributed by atoms with E-state index in [-0.39, 0.29) is 0 Å². The Morgan fingerprint density at radius 2 is 1.91 bits per heavy atom. The number of anilines is 2. The van der Waals surface area contributed by atoms with Gasteiger partial charge in [0.05, 0.1) is 19.9 Å². The SMILES string of the molecule is CCC(C)Nc1nncc(NCCOc2ccc(OC)cc2)n1. The van der Waals surface area contributed by atoms with E-state index >= 15 is 0 Å². The summed E-state index contributed by atoms with van der Waals surface area (Å²) in [6.45, 7) is 5.31. The molecule has 0 fully saturated rings. The lowest BCUT2D eigenvalue weighted by Gasteiger charge is -2.12. The molecule has 0 aliphatic carbocycles. The Hall–Kier alpha value is -2.57. The normalized spacial score (nSPS) is 11.6. The molecule has 1 atom stereocenters. The van der Waals surface area contributed by atoms with E-state index in [1.807, 2.05) is 24.3 Å². The Balaban J connectivity index is 1.76. The fourth-order valence-corrected chi connectivity index (χ4v) is 1.79. The van der Waals surface area contributed by atoms with Gasteiger partial charge in [-0.05, 0) is 37.6 Å². The van der Waals surface area contributed by atoms with Gasteiger partial charge in [0, 0.05) is 6.04 Å². The maximum absolute atomic E-state index is 5.64. The van der Waals surface area contributed by atoms with Crippen molar-refractivity contribution in [2.75, 3.05) is 30.9 Å². The molecular formula is C16H23N5O2. The summed E-state index contributed by atoms with van der Waals surface area (Å²) < 4.78 is 10.7. The molecule has 23 heavy (non-hydrogen) atoms. The van der Waals surface area contributed by atoms with Gasteiger partial charge in [-0.1, -0.05) is 6.92 Å². The van der Waals surface area contributed by atoms with Crippen molar-refractivity contribution >= 4 is 11.8 Å². The molecule has 0 bridgehead atoms. The van der Waals surface area contributed by atoms with E-state index in [1.165, 1.54) is 0 Å². The Morgan fingerprint density at radius 3 is 2.61 bits per heavy atom. The molecule has 7 nitrogen and oxygen atoms in total. The zero-order valence-electron chi connectivity index (χ0n) is 13.7. The molecular weight excluding hydrogens is 294 g/mol. The average molecular weight is 317 g/mol. The van der Waals surface area contributed by atoms with Gasteiger partial charge in [-0.15, -0.1) is 5.10 Å². The van der Waals surface area contributed by atoms with Crippen LogP contribution in [0.1, 0.15) is 20.3 Å². The molecule has 2 N–H and O–H groups in total. The predicted molar refractivity (Wildman–Crippen MR) is 90.2 cm³/mol. The van der Waals surface area contributed by atoms with Crippen molar-refractivity contribution in [3.8, 4) is 11.5 Å². The van der Waals surface area contributed by atoms with Crippen molar-refractivity contribution in [1.29, 1.82) is 0 Å². The van der Waals surface area contributed by atoms with Crippen LogP contribution in [0.2, 0.25) is 0 Å². The van der Waals surface area contributed by atoms with Crippen LogP contribution in [0.5, 0.6) is 11.5 Å². The topological polar surface area (TPSA) is 81.2 Å². The number of nitrogens with zero attached hydrogens (tertiary/aromatic N) is 3. The van der Waals surface area contributed by atoms with Crippen molar-refractivity contribution < 1.29 is 9.47 Å². The molecule has 0 saturated heterocycles. The van der Waals surface area contributed by atoms with Crippen LogP contribution < -0.4 is 20.1 Å². The van der Waals surface area contributed by atoms with Gasteiger partial charge in [-0.25, -0.2) is 0 Å². The van der Waals surface area contributed by atoms with Gasteiger partial charge in [-0.2, -0.15) is 10.1 Å². The molecule has 0 spiro atoms. The molecule has 2 aromatic rings. The lowest BCUT2D eigenvalue weighted by atomic mass is 10.3. The van der Waals surface area contributed by atoms with E-state index in [1.54, 1.807) is 13.3 Å². The quantitative estimate of drug-likeness (QED) is 0.688. The van der Waals surface area contributed by atoms with Crippen LogP contribution in [-0.2, 0) is 0 Å². The van der Waals surface area contributed by atoms with Gasteiger partial charge in [0.15, 0.2) is 5.82 Å². The third kappa shape index (κ3) is 5.61. The first-order chi connectivity index (χ1) is 11.2. The summed E-state index contributed by atoms with van der Waals surface area (Å²) in [5.41, 5.74) is 0. The number of hydrogen-bond acceptors (Lipinski definition) is 7. The van der Waals surface area contributed by atoms with Gasteiger partial charge in [0.2, 0.25) is 5.95 Å². The lowest BCUT2D eigenvalue weighted by molar-refractivity contribution is 0.331. The molecule has 0 amide bonds. The minimum atomic E-state index is 0.311. The van der Waals surface area contributed by atoms with E-state index < -0.39 is 0 Å². The summed E-state index contributed by atoms with van der Waals surface area (Å²) in [5, 5.41) is 14.3. The number of nitrogens with one attached hydrogen (secondary N) is 2. The summed E-state index contributed by atoms with van der Waals surface area (Å²) in [6, 6.07) is 7.79. The van der Waals surface area contributed by atoms with Crippen molar-refractivity contribution in [2.45, 2.75) is 26.3 Å². The molecule has 0 aliphatic rings. The van der Waals surface area contributed by atoms with Crippen LogP contribution in [0.3, 0.4) is 0 Å². The molecule has 1 unspecified atom stereocenters. The molecule has 1 aromatic carbocycles. The Labute approximate surface area is 136 Å². The molecule has 1 aromatic heterocycles. The fraction of sp³-hybridized carbons (Fsp3) is 0.438. The fourth-order valence-electron chi connectivity index (χ4n) is 1.79. The molecule has 1 heterocycles. The number of ether oxygens (including phenoxy) is 2. The highest BCUT2D eigenvalue weighted by atomic mass is 16.5. The molecule has 7 heteroatoms.